The van der Waals surface area contributed by atoms with E-state index in [0.717, 1.165) is 16.8 Å². The van der Waals surface area contributed by atoms with Gasteiger partial charge in [0.25, 0.3) is 5.91 Å². The number of anilines is 1. The van der Waals surface area contributed by atoms with E-state index >= 15 is 0 Å². The van der Waals surface area contributed by atoms with Gasteiger partial charge in [-0.1, -0.05) is 29.8 Å². The van der Waals surface area contributed by atoms with Gasteiger partial charge in [0.2, 0.25) is 0 Å². The number of carbonyl (C=O) groups excluding carboxylic acids is 2. The van der Waals surface area contributed by atoms with Gasteiger partial charge in [-0.2, -0.15) is 0 Å². The molecule has 0 fully saturated rings. The van der Waals surface area contributed by atoms with Crippen LogP contribution in [0.4, 0.5) is 5.69 Å². The van der Waals surface area contributed by atoms with Crippen LogP contribution in [0.5, 0.6) is 0 Å². The molecule has 1 N–H and O–H groups in total. The predicted octanol–water partition coefficient (Wildman–Crippen LogP) is 3.15. The molecule has 0 saturated heterocycles. The van der Waals surface area contributed by atoms with Crippen molar-refractivity contribution in [2.45, 2.75) is 13.8 Å². The third kappa shape index (κ3) is 4.05. The summed E-state index contributed by atoms with van der Waals surface area (Å²) in [4.78, 5) is 27.5. The van der Waals surface area contributed by atoms with Gasteiger partial charge < -0.3 is 10.1 Å². The van der Waals surface area contributed by atoms with Gasteiger partial charge in [0, 0.05) is 16.9 Å². The Hall–Kier alpha value is -2.40. The number of hydrogen-bond acceptors (Lipinski definition) is 4. The molecule has 0 saturated carbocycles. The summed E-state index contributed by atoms with van der Waals surface area (Å²) < 4.78 is 4.92. The van der Waals surface area contributed by atoms with Crippen LogP contribution in [-0.4, -0.2) is 23.5 Å². The molecule has 1 amide bonds. The molecule has 0 atom stereocenters. The van der Waals surface area contributed by atoms with E-state index in [4.69, 9.17) is 16.3 Å². The molecule has 5 nitrogen and oxygen atoms in total. The largest absolute Gasteiger partial charge is 0.451 e. The van der Waals surface area contributed by atoms with Gasteiger partial charge in [0.15, 0.2) is 6.61 Å². The van der Waals surface area contributed by atoms with E-state index in [1.54, 1.807) is 6.07 Å². The summed E-state index contributed by atoms with van der Waals surface area (Å²) in [6.45, 7) is 3.40. The van der Waals surface area contributed by atoms with Crippen molar-refractivity contribution in [2.75, 3.05) is 11.9 Å². The third-order valence-electron chi connectivity index (χ3n) is 3.01. The number of amides is 1. The number of nitrogens with one attached hydrogen (secondary N) is 1. The lowest BCUT2D eigenvalue weighted by Crippen LogP contribution is -2.22. The third-order valence-corrected chi connectivity index (χ3v) is 3.25. The second kappa shape index (κ2) is 7.04. The van der Waals surface area contributed by atoms with Crippen molar-refractivity contribution in [3.05, 3.63) is 58.4 Å². The summed E-state index contributed by atoms with van der Waals surface area (Å²) in [5, 5.41) is 3.11. The van der Waals surface area contributed by atoms with Crippen molar-refractivity contribution in [3.8, 4) is 0 Å². The predicted molar refractivity (Wildman–Crippen MR) is 84.1 cm³/mol. The maximum atomic E-state index is 11.9. The molecule has 1 aromatic carbocycles. The van der Waals surface area contributed by atoms with Crippen molar-refractivity contribution in [3.63, 3.8) is 0 Å². The van der Waals surface area contributed by atoms with Crippen LogP contribution in [0, 0.1) is 13.8 Å². The Morgan fingerprint density at radius 1 is 1.23 bits per heavy atom. The van der Waals surface area contributed by atoms with Gasteiger partial charge in [0.05, 0.1) is 0 Å². The minimum absolute atomic E-state index is 0.0624. The molecule has 114 valence electrons. The molecule has 22 heavy (non-hydrogen) atoms. The van der Waals surface area contributed by atoms with E-state index in [1.807, 2.05) is 32.0 Å². The fraction of sp³-hybridized carbons (Fsp3) is 0.188. The lowest BCUT2D eigenvalue weighted by Gasteiger charge is -2.11. The van der Waals surface area contributed by atoms with E-state index in [-0.39, 0.29) is 12.3 Å². The first-order valence-electron chi connectivity index (χ1n) is 6.62. The average molecular weight is 319 g/mol. The molecule has 1 heterocycles. The van der Waals surface area contributed by atoms with Crippen molar-refractivity contribution in [1.29, 1.82) is 0 Å². The minimum atomic E-state index is -0.695. The maximum absolute atomic E-state index is 11.9. The Bertz CT molecular complexity index is 696. The number of carbonyl (C=O) groups is 2. The zero-order valence-corrected chi connectivity index (χ0v) is 13.0. The molecule has 2 aromatic rings. The Labute approximate surface area is 133 Å². The highest BCUT2D eigenvalue weighted by molar-refractivity contribution is 6.30. The number of aryl methyl sites for hydroxylation is 2. The Kier molecular flexibility index (Phi) is 5.12. The maximum Gasteiger partial charge on any atom is 0.357 e. The van der Waals surface area contributed by atoms with Gasteiger partial charge in [-0.25, -0.2) is 9.78 Å². The van der Waals surface area contributed by atoms with E-state index in [2.05, 4.69) is 10.3 Å². The Morgan fingerprint density at radius 2 is 1.91 bits per heavy atom. The fourth-order valence-corrected chi connectivity index (χ4v) is 2.07. The van der Waals surface area contributed by atoms with Crippen LogP contribution in [0.2, 0.25) is 5.02 Å². The first-order valence-corrected chi connectivity index (χ1v) is 7.00. The number of halogens is 1. The van der Waals surface area contributed by atoms with Crippen LogP contribution in [0.3, 0.4) is 0 Å². The summed E-state index contributed by atoms with van der Waals surface area (Å²) in [6, 6.07) is 8.62. The highest BCUT2D eigenvalue weighted by atomic mass is 35.5. The first-order chi connectivity index (χ1) is 10.5. The van der Waals surface area contributed by atoms with Crippen LogP contribution in [-0.2, 0) is 9.53 Å². The van der Waals surface area contributed by atoms with Gasteiger partial charge in [-0.05, 0) is 37.1 Å². The molecule has 0 unspecified atom stereocenters. The van der Waals surface area contributed by atoms with Crippen LogP contribution in [0.25, 0.3) is 0 Å². The number of hydrogen-bond donors (Lipinski definition) is 1. The first kappa shape index (κ1) is 16.0. The zero-order chi connectivity index (χ0) is 16.1. The quantitative estimate of drug-likeness (QED) is 0.879. The van der Waals surface area contributed by atoms with Gasteiger partial charge in [-0.15, -0.1) is 0 Å². The SMILES string of the molecule is Cc1cccc(C)c1NC(=O)COC(=O)c1cc(Cl)ccn1. The lowest BCUT2D eigenvalue weighted by molar-refractivity contribution is -0.119. The topological polar surface area (TPSA) is 68.3 Å². The van der Waals surface area contributed by atoms with E-state index in [0.29, 0.717) is 5.02 Å². The van der Waals surface area contributed by atoms with Crippen molar-refractivity contribution in [1.82, 2.24) is 4.98 Å². The second-order valence-electron chi connectivity index (χ2n) is 4.75. The number of ether oxygens (including phenoxy) is 1. The summed E-state index contributed by atoms with van der Waals surface area (Å²) in [6.07, 6.45) is 1.40. The summed E-state index contributed by atoms with van der Waals surface area (Å²) in [5.41, 5.74) is 2.67. The van der Waals surface area contributed by atoms with E-state index < -0.39 is 11.9 Å². The molecular formula is C16H15ClN2O3. The number of esters is 1. The van der Waals surface area contributed by atoms with Crippen molar-refractivity contribution < 1.29 is 14.3 Å². The molecule has 0 aliphatic carbocycles. The van der Waals surface area contributed by atoms with Gasteiger partial charge in [0.1, 0.15) is 5.69 Å². The number of pyridine rings is 1. The standard InChI is InChI=1S/C16H15ClN2O3/c1-10-4-3-5-11(2)15(10)19-14(20)9-22-16(21)13-8-12(17)6-7-18-13/h3-8H,9H2,1-2H3,(H,19,20). The normalized spacial score (nSPS) is 10.1. The average Bonchev–Trinajstić information content (AvgIpc) is 2.48. The molecule has 0 spiro atoms. The Balaban J connectivity index is 1.94. The summed E-state index contributed by atoms with van der Waals surface area (Å²) in [7, 11) is 0. The number of aromatic nitrogens is 1. The van der Waals surface area contributed by atoms with E-state index in [9.17, 15) is 9.59 Å². The molecule has 0 aliphatic rings. The number of nitrogens with zero attached hydrogens (tertiary/aromatic N) is 1. The molecule has 0 bridgehead atoms. The number of benzene rings is 1. The molecular weight excluding hydrogens is 304 g/mol. The molecule has 0 aliphatic heterocycles. The van der Waals surface area contributed by atoms with E-state index in [1.165, 1.54) is 12.3 Å². The van der Waals surface area contributed by atoms with Crippen molar-refractivity contribution in [2.24, 2.45) is 0 Å². The monoisotopic (exact) mass is 318 g/mol. The van der Waals surface area contributed by atoms with Gasteiger partial charge >= 0.3 is 5.97 Å². The smallest absolute Gasteiger partial charge is 0.357 e. The van der Waals surface area contributed by atoms with Crippen molar-refractivity contribution >= 4 is 29.2 Å². The lowest BCUT2D eigenvalue weighted by atomic mass is 10.1. The number of para-hydroxylation sites is 1. The molecule has 0 radical (unpaired) electrons. The van der Waals surface area contributed by atoms with Crippen LogP contribution < -0.4 is 5.32 Å². The molecule has 2 rings (SSSR count). The number of rotatable bonds is 4. The minimum Gasteiger partial charge on any atom is -0.451 e. The fourth-order valence-electron chi connectivity index (χ4n) is 1.91. The van der Waals surface area contributed by atoms with Gasteiger partial charge in [-0.3, -0.25) is 4.79 Å². The second-order valence-corrected chi connectivity index (χ2v) is 5.19. The van der Waals surface area contributed by atoms with Crippen LogP contribution in [0.1, 0.15) is 21.6 Å². The highest BCUT2D eigenvalue weighted by Gasteiger charge is 2.13. The highest BCUT2D eigenvalue weighted by Crippen LogP contribution is 2.19. The van der Waals surface area contributed by atoms with Crippen LogP contribution >= 0.6 is 11.6 Å². The zero-order valence-electron chi connectivity index (χ0n) is 12.2. The Morgan fingerprint density at radius 3 is 2.55 bits per heavy atom. The molecule has 6 heteroatoms. The summed E-state index contributed by atoms with van der Waals surface area (Å²) >= 11 is 5.77. The molecule has 1 aromatic heterocycles. The summed E-state index contributed by atoms with van der Waals surface area (Å²) in [5.74, 6) is -1.10. The van der Waals surface area contributed by atoms with Crippen LogP contribution in [0.15, 0.2) is 36.5 Å².